The zero-order valence-electron chi connectivity index (χ0n) is 10.2. The summed E-state index contributed by atoms with van der Waals surface area (Å²) in [6.45, 7) is 4.78. The van der Waals surface area contributed by atoms with Crippen LogP contribution in [-0.4, -0.2) is 36.0 Å². The number of carbonyl (C=O) groups excluding carboxylic acids is 1. The molecule has 0 radical (unpaired) electrons. The second kappa shape index (κ2) is 2.93. The first-order valence-corrected chi connectivity index (χ1v) is 6.16. The molecule has 3 aliphatic rings. The van der Waals surface area contributed by atoms with Crippen molar-refractivity contribution in [2.45, 2.75) is 45.1 Å². The third kappa shape index (κ3) is 1.62. The predicted molar refractivity (Wildman–Crippen MR) is 58.9 cm³/mol. The van der Waals surface area contributed by atoms with Crippen LogP contribution in [0.25, 0.3) is 0 Å². The van der Waals surface area contributed by atoms with Crippen molar-refractivity contribution >= 4 is 6.03 Å². The van der Waals surface area contributed by atoms with E-state index in [9.17, 15) is 13.6 Å². The minimum Gasteiger partial charge on any atom is -0.335 e. The summed E-state index contributed by atoms with van der Waals surface area (Å²) in [7, 11) is 0. The summed E-state index contributed by atoms with van der Waals surface area (Å²) in [6, 6.07) is 0.0626. The molecule has 1 saturated heterocycles. The third-order valence-electron chi connectivity index (χ3n) is 4.41. The monoisotopic (exact) mass is 244 g/mol. The topological polar surface area (TPSA) is 32.3 Å². The van der Waals surface area contributed by atoms with Crippen LogP contribution < -0.4 is 5.32 Å². The second-order valence-electron chi connectivity index (χ2n) is 6.74. The fraction of sp³-hybridized carbons (Fsp3) is 0.917. The molecule has 5 heteroatoms. The van der Waals surface area contributed by atoms with Gasteiger partial charge in [0.25, 0.3) is 5.92 Å². The number of rotatable bonds is 1. The van der Waals surface area contributed by atoms with Crippen LogP contribution in [0.5, 0.6) is 0 Å². The highest BCUT2D eigenvalue weighted by atomic mass is 19.3. The zero-order valence-corrected chi connectivity index (χ0v) is 10.2. The molecule has 0 aromatic heterocycles. The summed E-state index contributed by atoms with van der Waals surface area (Å²) < 4.78 is 25.9. The Morgan fingerprint density at radius 3 is 2.24 bits per heavy atom. The van der Waals surface area contributed by atoms with Gasteiger partial charge in [-0.1, -0.05) is 13.8 Å². The van der Waals surface area contributed by atoms with Crippen molar-refractivity contribution in [2.24, 2.45) is 10.8 Å². The molecule has 17 heavy (non-hydrogen) atoms. The molecule has 1 spiro atoms. The van der Waals surface area contributed by atoms with Gasteiger partial charge in [-0.3, -0.25) is 0 Å². The van der Waals surface area contributed by atoms with E-state index in [1.807, 2.05) is 0 Å². The Bertz CT molecular complexity index is 367. The van der Waals surface area contributed by atoms with Gasteiger partial charge in [0.15, 0.2) is 0 Å². The molecule has 0 aromatic rings. The van der Waals surface area contributed by atoms with E-state index in [4.69, 9.17) is 0 Å². The van der Waals surface area contributed by atoms with E-state index >= 15 is 0 Å². The van der Waals surface area contributed by atoms with E-state index in [1.165, 1.54) is 4.90 Å². The van der Waals surface area contributed by atoms with Gasteiger partial charge in [0.1, 0.15) is 0 Å². The van der Waals surface area contributed by atoms with Crippen molar-refractivity contribution in [3.05, 3.63) is 0 Å². The first kappa shape index (κ1) is 11.2. The SMILES string of the molecule is CC1(C)CC(NC(=O)N2CC3(C2)CC3(F)F)C1. The molecule has 0 unspecified atom stereocenters. The van der Waals surface area contributed by atoms with Crippen LogP contribution in [0.1, 0.15) is 33.1 Å². The lowest BCUT2D eigenvalue weighted by molar-refractivity contribution is -0.00721. The molecular formula is C12H18F2N2O. The average Bonchev–Trinajstić information content (AvgIpc) is 2.63. The Labute approximate surface area is 99.5 Å². The number of alkyl halides is 2. The van der Waals surface area contributed by atoms with Crippen LogP contribution >= 0.6 is 0 Å². The number of urea groups is 1. The van der Waals surface area contributed by atoms with Gasteiger partial charge in [0.2, 0.25) is 0 Å². The lowest BCUT2D eigenvalue weighted by Gasteiger charge is -2.46. The van der Waals surface area contributed by atoms with E-state index in [0.29, 0.717) is 5.41 Å². The van der Waals surface area contributed by atoms with E-state index in [0.717, 1.165) is 12.8 Å². The molecule has 2 amide bonds. The van der Waals surface area contributed by atoms with Crippen molar-refractivity contribution in [3.8, 4) is 0 Å². The number of carbonyl (C=O) groups is 1. The number of likely N-dealkylation sites (tertiary alicyclic amines) is 1. The number of halogens is 2. The second-order valence-corrected chi connectivity index (χ2v) is 6.74. The summed E-state index contributed by atoms with van der Waals surface area (Å²) in [6.07, 6.45) is 1.92. The first-order chi connectivity index (χ1) is 7.73. The largest absolute Gasteiger partial charge is 0.335 e. The van der Waals surface area contributed by atoms with Crippen LogP contribution in [0.2, 0.25) is 0 Å². The van der Waals surface area contributed by atoms with Crippen LogP contribution in [-0.2, 0) is 0 Å². The van der Waals surface area contributed by atoms with Crippen molar-refractivity contribution in [1.82, 2.24) is 10.2 Å². The average molecular weight is 244 g/mol. The Hall–Kier alpha value is -0.870. The first-order valence-electron chi connectivity index (χ1n) is 6.16. The lowest BCUT2D eigenvalue weighted by Crippen LogP contribution is -2.60. The van der Waals surface area contributed by atoms with E-state index in [-0.39, 0.29) is 31.6 Å². The molecule has 0 bridgehead atoms. The van der Waals surface area contributed by atoms with Crippen LogP contribution in [0, 0.1) is 10.8 Å². The maximum atomic E-state index is 13.0. The van der Waals surface area contributed by atoms with Crippen LogP contribution in [0.15, 0.2) is 0 Å². The van der Waals surface area contributed by atoms with Gasteiger partial charge in [-0.25, -0.2) is 13.6 Å². The molecule has 1 aliphatic heterocycles. The third-order valence-corrected chi connectivity index (χ3v) is 4.41. The van der Waals surface area contributed by atoms with Crippen LogP contribution in [0.3, 0.4) is 0 Å². The highest BCUT2D eigenvalue weighted by molar-refractivity contribution is 5.76. The van der Waals surface area contributed by atoms with Crippen molar-refractivity contribution < 1.29 is 13.6 Å². The minimum absolute atomic E-state index is 0.0414. The van der Waals surface area contributed by atoms with E-state index in [2.05, 4.69) is 19.2 Å². The van der Waals surface area contributed by atoms with Gasteiger partial charge < -0.3 is 10.2 Å². The van der Waals surface area contributed by atoms with Gasteiger partial charge in [-0.15, -0.1) is 0 Å². The quantitative estimate of drug-likeness (QED) is 0.753. The summed E-state index contributed by atoms with van der Waals surface area (Å²) in [5.41, 5.74) is -0.541. The van der Waals surface area contributed by atoms with Gasteiger partial charge in [-0.2, -0.15) is 0 Å². The molecule has 2 aliphatic carbocycles. The van der Waals surface area contributed by atoms with Crippen molar-refractivity contribution in [1.29, 1.82) is 0 Å². The number of nitrogens with zero attached hydrogens (tertiary/aromatic N) is 1. The smallest absolute Gasteiger partial charge is 0.317 e. The fourth-order valence-corrected chi connectivity index (χ4v) is 3.19. The molecule has 1 heterocycles. The highest BCUT2D eigenvalue weighted by Gasteiger charge is 2.76. The molecule has 96 valence electrons. The molecule has 0 atom stereocenters. The van der Waals surface area contributed by atoms with Gasteiger partial charge in [0, 0.05) is 25.6 Å². The number of amides is 2. The Kier molecular flexibility index (Phi) is 1.93. The number of hydrogen-bond acceptors (Lipinski definition) is 1. The summed E-state index contributed by atoms with van der Waals surface area (Å²) in [4.78, 5) is 13.2. The van der Waals surface area contributed by atoms with E-state index in [1.54, 1.807) is 0 Å². The normalized spacial score (nSPS) is 31.6. The van der Waals surface area contributed by atoms with Crippen molar-refractivity contribution in [3.63, 3.8) is 0 Å². The predicted octanol–water partition coefficient (Wildman–Crippen LogP) is 2.23. The molecule has 3 nitrogen and oxygen atoms in total. The maximum Gasteiger partial charge on any atom is 0.317 e. The van der Waals surface area contributed by atoms with Gasteiger partial charge in [-0.05, 0) is 18.3 Å². The standard InChI is InChI=1S/C12H18F2N2O/c1-10(2)3-8(4-10)15-9(17)16-6-11(7-16)5-12(11,13)14/h8H,3-7H2,1-2H3,(H,15,17). The molecule has 3 fully saturated rings. The summed E-state index contributed by atoms with van der Waals surface area (Å²) in [5, 5.41) is 2.91. The maximum absolute atomic E-state index is 13.0. The fourth-order valence-electron chi connectivity index (χ4n) is 3.19. The number of nitrogens with one attached hydrogen (secondary N) is 1. The Balaban J connectivity index is 1.44. The molecule has 3 rings (SSSR count). The molecule has 1 N–H and O–H groups in total. The van der Waals surface area contributed by atoms with Crippen molar-refractivity contribution in [2.75, 3.05) is 13.1 Å². The minimum atomic E-state index is -2.53. The Morgan fingerprint density at radius 1 is 1.29 bits per heavy atom. The van der Waals surface area contributed by atoms with Gasteiger partial charge in [0.05, 0.1) is 5.41 Å². The highest BCUT2D eigenvalue weighted by Crippen LogP contribution is 2.65. The van der Waals surface area contributed by atoms with Crippen LogP contribution in [0.4, 0.5) is 13.6 Å². The summed E-state index contributed by atoms with van der Waals surface area (Å²) >= 11 is 0. The van der Waals surface area contributed by atoms with E-state index < -0.39 is 11.3 Å². The molecule has 2 saturated carbocycles. The Morgan fingerprint density at radius 2 is 1.82 bits per heavy atom. The zero-order chi connectivity index (χ0) is 12.5. The lowest BCUT2D eigenvalue weighted by atomic mass is 9.68. The molecule has 0 aromatic carbocycles. The molecular weight excluding hydrogens is 226 g/mol. The summed E-state index contributed by atoms with van der Waals surface area (Å²) in [5.74, 6) is -2.53. The van der Waals surface area contributed by atoms with Gasteiger partial charge >= 0.3 is 6.03 Å². The number of hydrogen-bond donors (Lipinski definition) is 1.